The zero-order chi connectivity index (χ0) is 38.2. The van der Waals surface area contributed by atoms with Crippen molar-refractivity contribution in [2.75, 3.05) is 7.11 Å². The molecule has 0 aromatic carbocycles. The number of carbonyl (C=O) groups excluding carboxylic acids is 4. The van der Waals surface area contributed by atoms with Crippen LogP contribution in [0.1, 0.15) is 124 Å². The van der Waals surface area contributed by atoms with Crippen molar-refractivity contribution < 1.29 is 47.4 Å². The molecule has 0 bridgehead atoms. The SMILES string of the molecule is COC(=O)CCC(=O)N[C@H]1CC[C@@]2(C)C(CC[C@]3(C)[C@@H]2C(=O)C=C2[C@@H]4C[C@@](C)(C(=O)O)CC[C@]4(C)CC[C@]23C)[C@]1(C)C(=O)OCc1oc(=O)oc1C. The molecule has 286 valence electrons. The third-order valence-electron chi connectivity index (χ3n) is 15.5. The fourth-order valence-corrected chi connectivity index (χ4v) is 12.0. The summed E-state index contributed by atoms with van der Waals surface area (Å²) in [6.07, 6.45) is 7.63. The standard InChI is InChI=1S/C40H55NO11/c1-22-26(52-34(48)51-22)21-50-33(47)40(7)27-11-14-39(6)31(37(27,4)13-12-28(40)41-29(43)9-10-30(44)49-8)25(42)19-23-24-20-36(3,32(45)46)16-15-35(24,2)17-18-38(23,39)5/h19,24,27-28,31H,9-18,20-21H2,1-8H3,(H,41,43)(H,45,46)/t24-,27?,28-,31+,35+,36-,37-,38+,39+,40-/m0/s1. The first-order valence-corrected chi connectivity index (χ1v) is 18.8. The number of methoxy groups -OCH3 is 1. The van der Waals surface area contributed by atoms with Crippen LogP contribution in [0.4, 0.5) is 0 Å². The molecular formula is C40H55NO11. The van der Waals surface area contributed by atoms with Crippen molar-refractivity contribution in [3.8, 4) is 0 Å². The van der Waals surface area contributed by atoms with Crippen LogP contribution in [0.15, 0.2) is 25.3 Å². The molecule has 1 unspecified atom stereocenters. The number of carbonyl (C=O) groups is 5. The summed E-state index contributed by atoms with van der Waals surface area (Å²) in [5.41, 5.74) is -2.59. The molecule has 0 spiro atoms. The number of hydrogen-bond donors (Lipinski definition) is 2. The number of hydrogen-bond acceptors (Lipinski definition) is 10. The Balaban J connectivity index is 1.37. The van der Waals surface area contributed by atoms with Crippen molar-refractivity contribution in [1.82, 2.24) is 5.32 Å². The van der Waals surface area contributed by atoms with E-state index in [1.54, 1.807) is 13.8 Å². The van der Waals surface area contributed by atoms with E-state index in [2.05, 4.69) is 33.0 Å². The Morgan fingerprint density at radius 3 is 2.25 bits per heavy atom. The van der Waals surface area contributed by atoms with E-state index in [9.17, 15) is 33.9 Å². The highest BCUT2D eigenvalue weighted by Gasteiger charge is 2.72. The Kier molecular flexibility index (Phi) is 9.30. The summed E-state index contributed by atoms with van der Waals surface area (Å²) in [4.78, 5) is 78.6. The monoisotopic (exact) mass is 725 g/mol. The summed E-state index contributed by atoms with van der Waals surface area (Å²) in [7, 11) is 1.26. The molecule has 5 aliphatic carbocycles. The molecule has 52 heavy (non-hydrogen) atoms. The van der Waals surface area contributed by atoms with Gasteiger partial charge in [0, 0.05) is 18.4 Å². The molecule has 5 aliphatic rings. The minimum Gasteiger partial charge on any atom is -0.481 e. The normalized spacial score (nSPS) is 40.9. The number of carboxylic acids is 1. The Bertz CT molecular complexity index is 1770. The zero-order valence-electron chi connectivity index (χ0n) is 31.9. The minimum absolute atomic E-state index is 0.0176. The van der Waals surface area contributed by atoms with Gasteiger partial charge in [-0.05, 0) is 118 Å². The Morgan fingerprint density at radius 1 is 0.923 bits per heavy atom. The summed E-state index contributed by atoms with van der Waals surface area (Å²) in [5.74, 6) is -3.67. The number of fused-ring (bicyclic) bond motifs is 7. The molecule has 10 atom stereocenters. The Labute approximate surface area is 304 Å². The number of ether oxygens (including phenoxy) is 2. The molecular weight excluding hydrogens is 670 g/mol. The highest BCUT2D eigenvalue weighted by atomic mass is 16.6. The minimum atomic E-state index is -1.28. The smallest absolute Gasteiger partial charge is 0.481 e. The highest BCUT2D eigenvalue weighted by Crippen LogP contribution is 2.75. The lowest BCUT2D eigenvalue weighted by atomic mass is 9.33. The van der Waals surface area contributed by atoms with Crippen LogP contribution < -0.4 is 11.1 Å². The van der Waals surface area contributed by atoms with Gasteiger partial charge in [0.2, 0.25) is 5.91 Å². The molecule has 1 amide bonds. The molecule has 0 saturated heterocycles. The van der Waals surface area contributed by atoms with Gasteiger partial charge >= 0.3 is 23.7 Å². The largest absolute Gasteiger partial charge is 0.519 e. The summed E-state index contributed by atoms with van der Waals surface area (Å²) >= 11 is 0. The fourth-order valence-electron chi connectivity index (χ4n) is 12.0. The van der Waals surface area contributed by atoms with Gasteiger partial charge in [-0.1, -0.05) is 33.3 Å². The van der Waals surface area contributed by atoms with Gasteiger partial charge in [-0.2, -0.15) is 0 Å². The number of amides is 1. The lowest BCUT2D eigenvalue weighted by Crippen LogP contribution is -2.69. The van der Waals surface area contributed by atoms with Crippen molar-refractivity contribution >= 4 is 29.6 Å². The topological polar surface area (TPSA) is 179 Å². The number of nitrogens with one attached hydrogen (secondary N) is 1. The Morgan fingerprint density at radius 2 is 1.62 bits per heavy atom. The summed E-state index contributed by atoms with van der Waals surface area (Å²) < 4.78 is 20.7. The molecule has 1 aromatic rings. The number of rotatable bonds is 8. The summed E-state index contributed by atoms with van der Waals surface area (Å²) in [6, 6.07) is -0.656. The average Bonchev–Trinajstić information content (AvgIpc) is 3.41. The van der Waals surface area contributed by atoms with Crippen LogP contribution in [0.5, 0.6) is 0 Å². The highest BCUT2D eigenvalue weighted by molar-refractivity contribution is 5.96. The van der Waals surface area contributed by atoms with E-state index >= 15 is 0 Å². The molecule has 12 nitrogen and oxygen atoms in total. The van der Waals surface area contributed by atoms with Crippen molar-refractivity contribution in [2.45, 2.75) is 132 Å². The van der Waals surface area contributed by atoms with E-state index < -0.39 is 63.3 Å². The van der Waals surface area contributed by atoms with Crippen LogP contribution in [-0.4, -0.2) is 47.9 Å². The van der Waals surface area contributed by atoms with Crippen molar-refractivity contribution in [2.24, 2.45) is 50.2 Å². The molecule has 1 heterocycles. The Hall–Kier alpha value is -3.70. The second-order valence-electron chi connectivity index (χ2n) is 18.1. The zero-order valence-corrected chi connectivity index (χ0v) is 31.9. The van der Waals surface area contributed by atoms with Crippen molar-refractivity contribution in [3.63, 3.8) is 0 Å². The maximum Gasteiger partial charge on any atom is 0.519 e. The number of carboxylic acid groups (broad SMARTS) is 1. The lowest BCUT2D eigenvalue weighted by Gasteiger charge is -2.70. The van der Waals surface area contributed by atoms with Gasteiger partial charge in [0.25, 0.3) is 0 Å². The van der Waals surface area contributed by atoms with Gasteiger partial charge in [0.05, 0.1) is 24.4 Å². The third-order valence-corrected chi connectivity index (χ3v) is 15.5. The van der Waals surface area contributed by atoms with Gasteiger partial charge in [0.15, 0.2) is 23.9 Å². The van der Waals surface area contributed by atoms with E-state index in [0.29, 0.717) is 38.5 Å². The number of aryl methyl sites for hydroxylation is 1. The van der Waals surface area contributed by atoms with Crippen LogP contribution >= 0.6 is 0 Å². The molecule has 0 radical (unpaired) electrons. The predicted molar refractivity (Wildman–Crippen MR) is 186 cm³/mol. The number of allylic oxidation sites excluding steroid dienone is 2. The number of ketones is 1. The van der Waals surface area contributed by atoms with Crippen LogP contribution in [0, 0.1) is 57.2 Å². The molecule has 6 rings (SSSR count). The third kappa shape index (κ3) is 5.60. The number of esters is 2. The summed E-state index contributed by atoms with van der Waals surface area (Å²) in [5, 5.41) is 13.3. The van der Waals surface area contributed by atoms with Crippen molar-refractivity contribution in [3.05, 3.63) is 33.8 Å². The molecule has 4 fully saturated rings. The molecule has 2 N–H and O–H groups in total. The molecule has 4 saturated carbocycles. The predicted octanol–water partition coefficient (Wildman–Crippen LogP) is 6.07. The molecule has 0 aliphatic heterocycles. The van der Waals surface area contributed by atoms with Gasteiger partial charge in [-0.25, -0.2) is 4.79 Å². The number of aliphatic carboxylic acids is 1. The lowest BCUT2D eigenvalue weighted by molar-refractivity contribution is -0.205. The van der Waals surface area contributed by atoms with E-state index in [0.717, 1.165) is 24.8 Å². The molecule has 12 heteroatoms. The van der Waals surface area contributed by atoms with E-state index in [-0.39, 0.29) is 59.4 Å². The second kappa shape index (κ2) is 12.7. The van der Waals surface area contributed by atoms with Gasteiger partial charge in [-0.3, -0.25) is 24.0 Å². The van der Waals surface area contributed by atoms with Crippen LogP contribution in [0.25, 0.3) is 0 Å². The van der Waals surface area contributed by atoms with Crippen LogP contribution in [0.3, 0.4) is 0 Å². The van der Waals surface area contributed by atoms with Crippen LogP contribution in [-0.2, 0) is 40.1 Å². The van der Waals surface area contributed by atoms with Crippen molar-refractivity contribution in [1.29, 1.82) is 0 Å². The van der Waals surface area contributed by atoms with E-state index in [1.165, 1.54) is 7.11 Å². The quantitative estimate of drug-likeness (QED) is 0.297. The van der Waals surface area contributed by atoms with Gasteiger partial charge in [-0.15, -0.1) is 0 Å². The van der Waals surface area contributed by atoms with Gasteiger partial charge in [0.1, 0.15) is 0 Å². The van der Waals surface area contributed by atoms with E-state index in [1.807, 2.05) is 13.0 Å². The first-order chi connectivity index (χ1) is 24.2. The second-order valence-corrected chi connectivity index (χ2v) is 18.1. The van der Waals surface area contributed by atoms with E-state index in [4.69, 9.17) is 18.3 Å². The van der Waals surface area contributed by atoms with Crippen LogP contribution in [0.2, 0.25) is 0 Å². The maximum absolute atomic E-state index is 14.9. The average molecular weight is 726 g/mol. The fraction of sp³-hybridized carbons (Fsp3) is 0.750. The first-order valence-electron chi connectivity index (χ1n) is 18.8. The van der Waals surface area contributed by atoms with Gasteiger partial charge < -0.3 is 28.7 Å². The maximum atomic E-state index is 14.9. The summed E-state index contributed by atoms with van der Waals surface area (Å²) in [6.45, 7) is 13.8. The first kappa shape index (κ1) is 38.0. The molecule has 1 aromatic heterocycles.